The SMILES string of the molecule is CCOC(=O)/C(CCCC(=O)O)=N/Nc1ccc(C)cc1. The number of ether oxygens (including phenoxy) is 1. The molecule has 0 aliphatic heterocycles. The predicted octanol–water partition coefficient (Wildman–Crippen LogP) is 2.58. The van der Waals surface area contributed by atoms with Crippen molar-refractivity contribution in [3.63, 3.8) is 0 Å². The fraction of sp³-hybridized carbons (Fsp3) is 0.400. The molecule has 0 aliphatic rings. The lowest BCUT2D eigenvalue weighted by Crippen LogP contribution is -2.19. The highest BCUT2D eigenvalue weighted by atomic mass is 16.5. The second kappa shape index (κ2) is 8.73. The molecular weight excluding hydrogens is 272 g/mol. The van der Waals surface area contributed by atoms with Crippen LogP contribution in [0.2, 0.25) is 0 Å². The minimum Gasteiger partial charge on any atom is -0.481 e. The van der Waals surface area contributed by atoms with Gasteiger partial charge < -0.3 is 9.84 Å². The average Bonchev–Trinajstić information content (AvgIpc) is 2.44. The molecular formula is C15H20N2O4. The van der Waals surface area contributed by atoms with E-state index in [1.807, 2.05) is 31.2 Å². The molecule has 6 nitrogen and oxygen atoms in total. The summed E-state index contributed by atoms with van der Waals surface area (Å²) >= 11 is 0. The molecule has 0 amide bonds. The van der Waals surface area contributed by atoms with Crippen molar-refractivity contribution in [2.75, 3.05) is 12.0 Å². The zero-order chi connectivity index (χ0) is 15.7. The maximum atomic E-state index is 11.8. The highest BCUT2D eigenvalue weighted by Crippen LogP contribution is 2.09. The Hall–Kier alpha value is -2.37. The van der Waals surface area contributed by atoms with Crippen LogP contribution in [0.3, 0.4) is 0 Å². The van der Waals surface area contributed by atoms with Crippen LogP contribution in [0.15, 0.2) is 29.4 Å². The number of esters is 1. The van der Waals surface area contributed by atoms with Gasteiger partial charge in [0.05, 0.1) is 12.3 Å². The van der Waals surface area contributed by atoms with Gasteiger partial charge in [-0.3, -0.25) is 10.2 Å². The molecule has 0 spiro atoms. The van der Waals surface area contributed by atoms with Crippen molar-refractivity contribution in [1.82, 2.24) is 0 Å². The van der Waals surface area contributed by atoms with E-state index in [0.29, 0.717) is 6.42 Å². The molecule has 0 saturated heterocycles. The maximum absolute atomic E-state index is 11.8. The monoisotopic (exact) mass is 292 g/mol. The summed E-state index contributed by atoms with van der Waals surface area (Å²) in [5.41, 5.74) is 4.85. The molecule has 0 fully saturated rings. The van der Waals surface area contributed by atoms with Gasteiger partial charge in [0.15, 0.2) is 0 Å². The number of carbonyl (C=O) groups excluding carboxylic acids is 1. The van der Waals surface area contributed by atoms with E-state index < -0.39 is 11.9 Å². The first-order valence-electron chi connectivity index (χ1n) is 6.81. The molecule has 21 heavy (non-hydrogen) atoms. The van der Waals surface area contributed by atoms with Gasteiger partial charge in [0.25, 0.3) is 0 Å². The molecule has 2 N–H and O–H groups in total. The lowest BCUT2D eigenvalue weighted by Gasteiger charge is -2.07. The van der Waals surface area contributed by atoms with Crippen molar-refractivity contribution >= 4 is 23.3 Å². The number of aliphatic carboxylic acids is 1. The van der Waals surface area contributed by atoms with Gasteiger partial charge in [-0.25, -0.2) is 4.79 Å². The molecule has 0 aromatic heterocycles. The topological polar surface area (TPSA) is 88.0 Å². The Bertz CT molecular complexity index is 509. The number of nitrogens with zero attached hydrogens (tertiary/aromatic N) is 1. The van der Waals surface area contributed by atoms with Gasteiger partial charge in [-0.1, -0.05) is 17.7 Å². The number of anilines is 1. The molecule has 114 valence electrons. The van der Waals surface area contributed by atoms with Gasteiger partial charge in [-0.15, -0.1) is 0 Å². The molecule has 0 atom stereocenters. The van der Waals surface area contributed by atoms with Crippen LogP contribution >= 0.6 is 0 Å². The second-order valence-corrected chi connectivity index (χ2v) is 4.50. The van der Waals surface area contributed by atoms with Crippen molar-refractivity contribution in [3.05, 3.63) is 29.8 Å². The summed E-state index contributed by atoms with van der Waals surface area (Å²) in [5.74, 6) is -1.42. The highest BCUT2D eigenvalue weighted by molar-refractivity contribution is 6.36. The van der Waals surface area contributed by atoms with E-state index in [0.717, 1.165) is 11.3 Å². The number of benzene rings is 1. The number of carbonyl (C=O) groups is 2. The van der Waals surface area contributed by atoms with Crippen molar-refractivity contribution in [2.45, 2.75) is 33.1 Å². The third kappa shape index (κ3) is 6.56. The number of nitrogens with one attached hydrogen (secondary N) is 1. The Morgan fingerprint density at radius 3 is 2.48 bits per heavy atom. The van der Waals surface area contributed by atoms with E-state index in [1.54, 1.807) is 6.92 Å². The Balaban J connectivity index is 2.69. The third-order valence-electron chi connectivity index (χ3n) is 2.69. The van der Waals surface area contributed by atoms with E-state index >= 15 is 0 Å². The number of hydrogen-bond acceptors (Lipinski definition) is 5. The molecule has 6 heteroatoms. The Kier molecular flexibility index (Phi) is 6.94. The first kappa shape index (κ1) is 16.7. The molecule has 1 aromatic carbocycles. The molecule has 0 bridgehead atoms. The molecule has 1 rings (SSSR count). The standard InChI is InChI=1S/C15H20N2O4/c1-3-21-15(20)13(5-4-6-14(18)19)17-16-12-9-7-11(2)8-10-12/h7-10,16H,3-6H2,1-2H3,(H,18,19)/b17-13+. The van der Waals surface area contributed by atoms with Crippen LogP contribution in [0.4, 0.5) is 5.69 Å². The van der Waals surface area contributed by atoms with Crippen LogP contribution in [0.1, 0.15) is 31.7 Å². The van der Waals surface area contributed by atoms with Gasteiger partial charge in [0.1, 0.15) is 5.71 Å². The number of hydrazone groups is 1. The lowest BCUT2D eigenvalue weighted by molar-refractivity contribution is -0.137. The van der Waals surface area contributed by atoms with Crippen LogP contribution in [-0.2, 0) is 14.3 Å². The van der Waals surface area contributed by atoms with E-state index in [9.17, 15) is 9.59 Å². The summed E-state index contributed by atoms with van der Waals surface area (Å²) in [6, 6.07) is 7.54. The summed E-state index contributed by atoms with van der Waals surface area (Å²) in [6.45, 7) is 3.93. The van der Waals surface area contributed by atoms with E-state index in [4.69, 9.17) is 9.84 Å². The van der Waals surface area contributed by atoms with Crippen molar-refractivity contribution in [2.24, 2.45) is 5.10 Å². The summed E-state index contributed by atoms with van der Waals surface area (Å²) < 4.78 is 4.91. The zero-order valence-electron chi connectivity index (χ0n) is 12.3. The Morgan fingerprint density at radius 2 is 1.90 bits per heavy atom. The molecule has 0 saturated carbocycles. The maximum Gasteiger partial charge on any atom is 0.354 e. The van der Waals surface area contributed by atoms with Crippen LogP contribution in [0.5, 0.6) is 0 Å². The quantitative estimate of drug-likeness (QED) is 0.437. The Labute approximate surface area is 123 Å². The molecule has 0 radical (unpaired) electrons. The van der Waals surface area contributed by atoms with Crippen LogP contribution in [0, 0.1) is 6.92 Å². The normalized spacial score (nSPS) is 11.0. The average molecular weight is 292 g/mol. The number of aryl methyl sites for hydroxylation is 1. The molecule has 0 heterocycles. The minimum atomic E-state index is -0.898. The van der Waals surface area contributed by atoms with Crippen molar-refractivity contribution in [3.8, 4) is 0 Å². The first-order valence-corrected chi connectivity index (χ1v) is 6.81. The lowest BCUT2D eigenvalue weighted by atomic mass is 10.1. The van der Waals surface area contributed by atoms with Crippen LogP contribution in [-0.4, -0.2) is 29.4 Å². The highest BCUT2D eigenvalue weighted by Gasteiger charge is 2.13. The van der Waals surface area contributed by atoms with Crippen LogP contribution < -0.4 is 5.43 Å². The zero-order valence-corrected chi connectivity index (χ0v) is 12.3. The third-order valence-corrected chi connectivity index (χ3v) is 2.69. The number of carboxylic acids is 1. The van der Waals surface area contributed by atoms with E-state index in [2.05, 4.69) is 10.5 Å². The van der Waals surface area contributed by atoms with E-state index in [-0.39, 0.29) is 25.2 Å². The largest absolute Gasteiger partial charge is 0.481 e. The number of rotatable bonds is 8. The minimum absolute atomic E-state index is 0.0110. The summed E-state index contributed by atoms with van der Waals surface area (Å²) in [4.78, 5) is 22.3. The smallest absolute Gasteiger partial charge is 0.354 e. The van der Waals surface area contributed by atoms with Gasteiger partial charge in [0, 0.05) is 6.42 Å². The summed E-state index contributed by atoms with van der Waals surface area (Å²) in [7, 11) is 0. The van der Waals surface area contributed by atoms with Gasteiger partial charge in [-0.2, -0.15) is 5.10 Å². The van der Waals surface area contributed by atoms with Crippen molar-refractivity contribution in [1.29, 1.82) is 0 Å². The summed E-state index contributed by atoms with van der Waals surface area (Å²) in [6.07, 6.45) is 0.579. The fourth-order valence-corrected chi connectivity index (χ4v) is 1.59. The molecule has 0 aliphatic carbocycles. The fourth-order valence-electron chi connectivity index (χ4n) is 1.59. The van der Waals surface area contributed by atoms with Gasteiger partial charge in [0.2, 0.25) is 0 Å². The molecule has 1 aromatic rings. The molecule has 0 unspecified atom stereocenters. The second-order valence-electron chi connectivity index (χ2n) is 4.50. The first-order chi connectivity index (χ1) is 10.0. The number of hydrogen-bond donors (Lipinski definition) is 2. The number of carboxylic acid groups (broad SMARTS) is 1. The van der Waals surface area contributed by atoms with Gasteiger partial charge >= 0.3 is 11.9 Å². The summed E-state index contributed by atoms with van der Waals surface area (Å²) in [5, 5.41) is 12.7. The Morgan fingerprint density at radius 1 is 1.24 bits per heavy atom. The van der Waals surface area contributed by atoms with Gasteiger partial charge in [-0.05, 0) is 38.8 Å². The van der Waals surface area contributed by atoms with Crippen molar-refractivity contribution < 1.29 is 19.4 Å². The van der Waals surface area contributed by atoms with Crippen LogP contribution in [0.25, 0.3) is 0 Å². The predicted molar refractivity (Wildman–Crippen MR) is 80.4 cm³/mol. The van der Waals surface area contributed by atoms with E-state index in [1.165, 1.54) is 0 Å².